The molecule has 7 aromatic rings. The smallest absolute Gasteiger partial charge is 0.0601 e. The zero-order chi connectivity index (χ0) is 35.8. The van der Waals surface area contributed by atoms with Crippen LogP contribution in [0.25, 0.3) is 22.3 Å². The molecule has 7 aromatic carbocycles. The van der Waals surface area contributed by atoms with Gasteiger partial charge in [0.1, 0.15) is 0 Å². The summed E-state index contributed by atoms with van der Waals surface area (Å²) in [5, 5.41) is 0. The lowest BCUT2D eigenvalue weighted by molar-refractivity contribution is 0.652. The predicted octanol–water partition coefficient (Wildman–Crippen LogP) is 14.5. The summed E-state index contributed by atoms with van der Waals surface area (Å²) in [6, 6.07) is 52.4. The van der Waals surface area contributed by atoms with Crippen molar-refractivity contribution in [1.82, 2.24) is 0 Å². The van der Waals surface area contributed by atoms with Crippen molar-refractivity contribution in [2.45, 2.75) is 65.0 Å². The quantitative estimate of drug-likeness (QED) is 0.175. The molecule has 11 rings (SSSR count). The van der Waals surface area contributed by atoms with E-state index in [1.54, 1.807) is 0 Å². The number of hydrogen-bond acceptors (Lipinski definition) is 4. The maximum Gasteiger partial charge on any atom is 0.0601 e. The highest BCUT2D eigenvalue weighted by Gasteiger charge is 2.43. The minimum Gasteiger partial charge on any atom is -0.308 e. The molecule has 0 bridgehead atoms. The molecule has 2 aliphatic heterocycles. The van der Waals surface area contributed by atoms with Gasteiger partial charge in [0.2, 0.25) is 0 Å². The van der Waals surface area contributed by atoms with Crippen molar-refractivity contribution < 1.29 is 0 Å². The van der Waals surface area contributed by atoms with Crippen molar-refractivity contribution in [1.29, 1.82) is 0 Å². The van der Waals surface area contributed by atoms with Crippen LogP contribution < -0.4 is 9.80 Å². The summed E-state index contributed by atoms with van der Waals surface area (Å²) in [6.07, 6.45) is 0. The third-order valence-corrected chi connectivity index (χ3v) is 14.4. The van der Waals surface area contributed by atoms with Crippen molar-refractivity contribution in [3.8, 4) is 22.3 Å². The summed E-state index contributed by atoms with van der Waals surface area (Å²) < 4.78 is 0. The average Bonchev–Trinajstić information content (AvgIpc) is 3.53. The minimum absolute atomic E-state index is 0.154. The molecule has 0 fully saturated rings. The highest BCUT2D eigenvalue weighted by atomic mass is 32.2. The fourth-order valence-electron chi connectivity index (χ4n) is 9.49. The number of rotatable bonds is 2. The highest BCUT2D eigenvalue weighted by molar-refractivity contribution is 8.00. The Labute approximate surface area is 320 Å². The fraction of sp³-hybridized carbons (Fsp3) is 0.143. The zero-order valence-corrected chi connectivity index (χ0v) is 32.1. The van der Waals surface area contributed by atoms with Gasteiger partial charge < -0.3 is 9.80 Å². The molecular formula is C49H38N2S2. The number of anilines is 6. The van der Waals surface area contributed by atoms with Gasteiger partial charge in [0.25, 0.3) is 0 Å². The first-order valence-electron chi connectivity index (χ1n) is 18.5. The molecule has 0 radical (unpaired) electrons. The Kier molecular flexibility index (Phi) is 6.48. The average molecular weight is 719 g/mol. The number of hydrogen-bond donors (Lipinski definition) is 0. The Bertz CT molecular complexity index is 2630. The van der Waals surface area contributed by atoms with E-state index in [9.17, 15) is 0 Å². The monoisotopic (exact) mass is 718 g/mol. The summed E-state index contributed by atoms with van der Waals surface area (Å²) in [6.45, 7) is 12.0. The van der Waals surface area contributed by atoms with Crippen molar-refractivity contribution in [2.24, 2.45) is 0 Å². The molecule has 0 atom stereocenters. The first-order chi connectivity index (χ1) is 25.7. The molecular weight excluding hydrogens is 681 g/mol. The molecule has 53 heavy (non-hydrogen) atoms. The van der Waals surface area contributed by atoms with Crippen LogP contribution in [0, 0.1) is 6.92 Å². The van der Waals surface area contributed by atoms with Crippen LogP contribution in [-0.4, -0.2) is 0 Å². The standard InChI is InChI=1S/C49H38N2S2/c1-29-24-31(51-41-16-8-12-20-45(41)53-46-21-13-9-17-42(46)51)26-38-47(29)34-28-36-33(27-37(34)49(38,4)5)32-23-22-30(25-35(32)48(36,2)3)50-39-14-6-10-18-43(39)52-44-19-11-7-15-40(44)50/h6-28H,1-5H3. The van der Waals surface area contributed by atoms with E-state index in [4.69, 9.17) is 0 Å². The summed E-state index contributed by atoms with van der Waals surface area (Å²) in [5.74, 6) is 0. The topological polar surface area (TPSA) is 6.48 Å². The Morgan fingerprint density at radius 2 is 0.811 bits per heavy atom. The highest BCUT2D eigenvalue weighted by Crippen LogP contribution is 2.60. The van der Waals surface area contributed by atoms with Gasteiger partial charge in [-0.1, -0.05) is 106 Å². The van der Waals surface area contributed by atoms with E-state index in [-0.39, 0.29) is 10.8 Å². The molecule has 2 heterocycles. The number of aryl methyl sites for hydroxylation is 1. The van der Waals surface area contributed by atoms with Gasteiger partial charge >= 0.3 is 0 Å². The summed E-state index contributed by atoms with van der Waals surface area (Å²) in [4.78, 5) is 10.1. The van der Waals surface area contributed by atoms with Gasteiger partial charge in [-0.05, 0) is 142 Å². The SMILES string of the molecule is Cc1cc(N2c3ccccc3Sc3ccccc32)cc2c1-c1cc3c(cc1C2(C)C)-c1ccc(N2c4ccccc4Sc4ccccc42)cc1C3(C)C. The van der Waals surface area contributed by atoms with Crippen LogP contribution in [0.4, 0.5) is 34.1 Å². The van der Waals surface area contributed by atoms with Crippen LogP contribution in [0.2, 0.25) is 0 Å². The lowest BCUT2D eigenvalue weighted by Gasteiger charge is -2.34. The second-order valence-electron chi connectivity index (χ2n) is 15.9. The van der Waals surface area contributed by atoms with Crippen molar-refractivity contribution in [3.63, 3.8) is 0 Å². The van der Waals surface area contributed by atoms with Crippen molar-refractivity contribution >= 4 is 57.6 Å². The van der Waals surface area contributed by atoms with Gasteiger partial charge in [-0.15, -0.1) is 0 Å². The number of benzene rings is 7. The maximum atomic E-state index is 2.55. The minimum atomic E-state index is -0.157. The zero-order valence-electron chi connectivity index (χ0n) is 30.5. The molecule has 0 amide bonds. The largest absolute Gasteiger partial charge is 0.308 e. The van der Waals surface area contributed by atoms with Gasteiger partial charge in [0.15, 0.2) is 0 Å². The number of nitrogens with zero attached hydrogens (tertiary/aromatic N) is 2. The molecule has 0 N–H and O–H groups in total. The molecule has 2 aliphatic carbocycles. The van der Waals surface area contributed by atoms with E-state index in [1.807, 2.05) is 23.5 Å². The van der Waals surface area contributed by atoms with Gasteiger partial charge in [0, 0.05) is 41.8 Å². The molecule has 0 saturated carbocycles. The third-order valence-electron chi connectivity index (χ3n) is 12.1. The van der Waals surface area contributed by atoms with Gasteiger partial charge in [-0.3, -0.25) is 0 Å². The lowest BCUT2D eigenvalue weighted by Crippen LogP contribution is -2.19. The molecule has 0 saturated heterocycles. The van der Waals surface area contributed by atoms with Crippen molar-refractivity contribution in [3.05, 3.63) is 167 Å². The van der Waals surface area contributed by atoms with Crippen LogP contribution in [0.15, 0.2) is 159 Å². The normalized spacial score (nSPS) is 16.1. The van der Waals surface area contributed by atoms with Crippen LogP contribution in [0.1, 0.15) is 55.5 Å². The molecule has 0 spiro atoms. The summed E-state index contributed by atoms with van der Waals surface area (Å²) in [7, 11) is 0. The van der Waals surface area contributed by atoms with Gasteiger partial charge in [-0.25, -0.2) is 0 Å². The van der Waals surface area contributed by atoms with E-state index in [0.717, 1.165) is 0 Å². The van der Waals surface area contributed by atoms with E-state index in [2.05, 4.69) is 184 Å². The Hall–Kier alpha value is -5.16. The lowest BCUT2D eigenvalue weighted by atomic mass is 9.79. The summed E-state index contributed by atoms with van der Waals surface area (Å²) >= 11 is 3.73. The summed E-state index contributed by atoms with van der Waals surface area (Å²) in [5.41, 5.74) is 19.6. The van der Waals surface area contributed by atoms with Gasteiger partial charge in [0.05, 0.1) is 22.7 Å². The number of fused-ring (bicyclic) bond motifs is 10. The predicted molar refractivity (Wildman–Crippen MR) is 224 cm³/mol. The van der Waals surface area contributed by atoms with E-state index < -0.39 is 0 Å². The van der Waals surface area contributed by atoms with Crippen LogP contribution in [0.5, 0.6) is 0 Å². The van der Waals surface area contributed by atoms with E-state index >= 15 is 0 Å². The first kappa shape index (κ1) is 31.4. The molecule has 0 unspecified atom stereocenters. The molecule has 2 nitrogen and oxygen atoms in total. The van der Waals surface area contributed by atoms with Crippen molar-refractivity contribution in [2.75, 3.05) is 9.80 Å². The molecule has 4 aliphatic rings. The Morgan fingerprint density at radius 1 is 0.396 bits per heavy atom. The third kappa shape index (κ3) is 4.31. The fourth-order valence-corrected chi connectivity index (χ4v) is 11.6. The molecule has 256 valence electrons. The molecule has 4 heteroatoms. The van der Waals surface area contributed by atoms with E-state index in [1.165, 1.54) is 104 Å². The van der Waals surface area contributed by atoms with Gasteiger partial charge in [-0.2, -0.15) is 0 Å². The van der Waals surface area contributed by atoms with Crippen LogP contribution >= 0.6 is 23.5 Å². The first-order valence-corrected chi connectivity index (χ1v) is 20.1. The Balaban J connectivity index is 1.04. The second-order valence-corrected chi connectivity index (χ2v) is 18.0. The Morgan fingerprint density at radius 3 is 1.36 bits per heavy atom. The van der Waals surface area contributed by atoms with Crippen LogP contribution in [-0.2, 0) is 10.8 Å². The molecule has 0 aromatic heterocycles. The van der Waals surface area contributed by atoms with Crippen LogP contribution in [0.3, 0.4) is 0 Å². The van der Waals surface area contributed by atoms with E-state index in [0.29, 0.717) is 0 Å². The maximum absolute atomic E-state index is 2.55. The number of para-hydroxylation sites is 4. The second kappa shape index (κ2) is 10.9.